The summed E-state index contributed by atoms with van der Waals surface area (Å²) < 4.78 is 27.4. The Morgan fingerprint density at radius 1 is 1.21 bits per heavy atom. The Morgan fingerprint density at radius 3 is 2.68 bits per heavy atom. The van der Waals surface area contributed by atoms with Crippen LogP contribution in [0, 0.1) is 6.92 Å². The number of nitrogens with one attached hydrogen (secondary N) is 1. The molecule has 1 saturated carbocycles. The van der Waals surface area contributed by atoms with Crippen molar-refractivity contribution in [3.63, 3.8) is 0 Å². The van der Waals surface area contributed by atoms with Crippen molar-refractivity contribution in [2.45, 2.75) is 30.2 Å². The quantitative estimate of drug-likeness (QED) is 0.942. The lowest BCUT2D eigenvalue weighted by atomic mass is 10.2. The summed E-state index contributed by atoms with van der Waals surface area (Å²) in [6.07, 6.45) is 0.894. The third kappa shape index (κ3) is 2.59. The summed E-state index contributed by atoms with van der Waals surface area (Å²) in [5.74, 6) is 0.346. The average Bonchev–Trinajstić information content (AvgIpc) is 2.91. The minimum Gasteiger partial charge on any atom is -0.207 e. The lowest BCUT2D eigenvalue weighted by Gasteiger charge is -2.08. The van der Waals surface area contributed by atoms with Gasteiger partial charge in [0.1, 0.15) is 0 Å². The van der Waals surface area contributed by atoms with Crippen LogP contribution in [0.1, 0.15) is 22.8 Å². The first-order valence-electron chi connectivity index (χ1n) is 6.19. The van der Waals surface area contributed by atoms with Gasteiger partial charge in [-0.05, 0) is 36.4 Å². The van der Waals surface area contributed by atoms with Crippen LogP contribution in [0.3, 0.4) is 0 Å². The molecule has 3 nitrogen and oxygen atoms in total. The van der Waals surface area contributed by atoms with Crippen molar-refractivity contribution in [1.29, 1.82) is 0 Å². The molecule has 100 valence electrons. The van der Waals surface area contributed by atoms with E-state index >= 15 is 0 Å². The third-order valence-corrected chi connectivity index (χ3v) is 6.04. The Hall–Kier alpha value is -1.17. The van der Waals surface area contributed by atoms with Crippen molar-refractivity contribution >= 4 is 21.4 Å². The maximum atomic E-state index is 12.3. The third-order valence-electron chi connectivity index (χ3n) is 3.39. The van der Waals surface area contributed by atoms with E-state index in [0.29, 0.717) is 10.8 Å². The van der Waals surface area contributed by atoms with E-state index in [1.54, 1.807) is 23.5 Å². The first kappa shape index (κ1) is 12.8. The molecule has 1 heterocycles. The molecule has 0 radical (unpaired) electrons. The molecule has 1 aliphatic carbocycles. The summed E-state index contributed by atoms with van der Waals surface area (Å²) in [5.41, 5.74) is 0.781. The molecule has 1 aromatic heterocycles. The second kappa shape index (κ2) is 4.74. The van der Waals surface area contributed by atoms with Gasteiger partial charge in [-0.3, -0.25) is 0 Å². The fourth-order valence-electron chi connectivity index (χ4n) is 2.26. The predicted octanol–water partition coefficient (Wildman–Crippen LogP) is 2.89. The standard InChI is InChI=1S/C14H15NO2S2/c1-10-5-2-3-7-14(10)19(16,17)15-12-9-11(12)13-6-4-8-18-13/h2-8,11-12,15H,9H2,1H3. The van der Waals surface area contributed by atoms with Crippen LogP contribution in [0.25, 0.3) is 0 Å². The van der Waals surface area contributed by atoms with E-state index in [-0.39, 0.29) is 6.04 Å². The van der Waals surface area contributed by atoms with Crippen LogP contribution in [-0.2, 0) is 10.0 Å². The minimum absolute atomic E-state index is 0.0447. The minimum atomic E-state index is -3.40. The van der Waals surface area contributed by atoms with Gasteiger partial charge in [0.05, 0.1) is 4.90 Å². The molecule has 0 spiro atoms. The van der Waals surface area contributed by atoms with E-state index in [2.05, 4.69) is 10.8 Å². The molecule has 1 aromatic carbocycles. The summed E-state index contributed by atoms with van der Waals surface area (Å²) in [5, 5.41) is 2.03. The van der Waals surface area contributed by atoms with Gasteiger partial charge in [0, 0.05) is 16.8 Å². The summed E-state index contributed by atoms with van der Waals surface area (Å²) >= 11 is 1.69. The zero-order valence-electron chi connectivity index (χ0n) is 10.5. The molecule has 2 aromatic rings. The van der Waals surface area contributed by atoms with Gasteiger partial charge in [0.2, 0.25) is 10.0 Å². The second-order valence-electron chi connectivity index (χ2n) is 4.85. The normalized spacial score (nSPS) is 22.4. The van der Waals surface area contributed by atoms with E-state index in [9.17, 15) is 8.42 Å². The topological polar surface area (TPSA) is 46.2 Å². The molecule has 1 aliphatic rings. The molecule has 0 bridgehead atoms. The molecule has 0 saturated heterocycles. The highest BCUT2D eigenvalue weighted by Crippen LogP contribution is 2.43. The van der Waals surface area contributed by atoms with Crippen molar-refractivity contribution in [1.82, 2.24) is 4.72 Å². The first-order valence-corrected chi connectivity index (χ1v) is 8.55. The van der Waals surface area contributed by atoms with Crippen molar-refractivity contribution in [2.24, 2.45) is 0 Å². The zero-order valence-corrected chi connectivity index (χ0v) is 12.2. The van der Waals surface area contributed by atoms with Crippen molar-refractivity contribution in [2.75, 3.05) is 0 Å². The molecular formula is C14H15NO2S2. The molecule has 19 heavy (non-hydrogen) atoms. The summed E-state index contributed by atoms with van der Waals surface area (Å²) in [7, 11) is -3.40. The fourth-order valence-corrected chi connectivity index (χ4v) is 4.71. The maximum Gasteiger partial charge on any atom is 0.241 e. The second-order valence-corrected chi connectivity index (χ2v) is 7.51. The van der Waals surface area contributed by atoms with E-state index in [1.165, 1.54) is 4.88 Å². The summed E-state index contributed by atoms with van der Waals surface area (Å²) in [6, 6.07) is 11.2. The van der Waals surface area contributed by atoms with Gasteiger partial charge in [-0.1, -0.05) is 24.3 Å². The Balaban J connectivity index is 1.76. The van der Waals surface area contributed by atoms with Gasteiger partial charge in [0.15, 0.2) is 0 Å². The van der Waals surface area contributed by atoms with Crippen LogP contribution in [0.4, 0.5) is 0 Å². The van der Waals surface area contributed by atoms with Gasteiger partial charge >= 0.3 is 0 Å². The highest BCUT2D eigenvalue weighted by Gasteiger charge is 2.42. The van der Waals surface area contributed by atoms with E-state index in [4.69, 9.17) is 0 Å². The van der Waals surface area contributed by atoms with Gasteiger partial charge in [-0.25, -0.2) is 13.1 Å². The molecule has 1 fully saturated rings. The molecule has 0 aliphatic heterocycles. The summed E-state index contributed by atoms with van der Waals surface area (Å²) in [4.78, 5) is 1.64. The van der Waals surface area contributed by atoms with Gasteiger partial charge < -0.3 is 0 Å². The number of thiophene rings is 1. The van der Waals surface area contributed by atoms with Crippen molar-refractivity contribution < 1.29 is 8.42 Å². The zero-order chi connectivity index (χ0) is 13.5. The Bertz CT molecular complexity index is 677. The van der Waals surface area contributed by atoms with Crippen LogP contribution in [-0.4, -0.2) is 14.5 Å². The van der Waals surface area contributed by atoms with Crippen molar-refractivity contribution in [3.05, 3.63) is 52.2 Å². The van der Waals surface area contributed by atoms with Crippen molar-refractivity contribution in [3.8, 4) is 0 Å². The largest absolute Gasteiger partial charge is 0.241 e. The van der Waals surface area contributed by atoms with Crippen LogP contribution in [0.2, 0.25) is 0 Å². The molecular weight excluding hydrogens is 278 g/mol. The van der Waals surface area contributed by atoms with Gasteiger partial charge in [0.25, 0.3) is 0 Å². The first-order chi connectivity index (χ1) is 9.08. The maximum absolute atomic E-state index is 12.3. The van der Waals surface area contributed by atoms with Crippen LogP contribution in [0.15, 0.2) is 46.7 Å². The monoisotopic (exact) mass is 293 g/mol. The molecule has 0 amide bonds. The summed E-state index contributed by atoms with van der Waals surface area (Å²) in [6.45, 7) is 1.82. The molecule has 2 unspecified atom stereocenters. The van der Waals surface area contributed by atoms with Crippen LogP contribution in [0.5, 0.6) is 0 Å². The SMILES string of the molecule is Cc1ccccc1S(=O)(=O)NC1CC1c1cccs1. The number of sulfonamides is 1. The lowest BCUT2D eigenvalue weighted by molar-refractivity contribution is 0.579. The number of aryl methyl sites for hydroxylation is 1. The Kier molecular flexibility index (Phi) is 3.20. The van der Waals surface area contributed by atoms with Gasteiger partial charge in [-0.2, -0.15) is 0 Å². The smallest absolute Gasteiger partial charge is 0.207 e. The number of hydrogen-bond donors (Lipinski definition) is 1. The fraction of sp³-hybridized carbons (Fsp3) is 0.286. The van der Waals surface area contributed by atoms with E-state index in [0.717, 1.165) is 12.0 Å². The highest BCUT2D eigenvalue weighted by molar-refractivity contribution is 7.89. The lowest BCUT2D eigenvalue weighted by Crippen LogP contribution is -2.27. The molecule has 2 atom stereocenters. The van der Waals surface area contributed by atoms with Gasteiger partial charge in [-0.15, -0.1) is 11.3 Å². The Morgan fingerprint density at radius 2 is 2.00 bits per heavy atom. The average molecular weight is 293 g/mol. The number of hydrogen-bond acceptors (Lipinski definition) is 3. The Labute approximate surface area is 117 Å². The van der Waals surface area contributed by atoms with Crippen LogP contribution >= 0.6 is 11.3 Å². The van der Waals surface area contributed by atoms with Crippen LogP contribution < -0.4 is 4.72 Å². The number of rotatable bonds is 4. The van der Waals surface area contributed by atoms with E-state index in [1.807, 2.05) is 30.5 Å². The van der Waals surface area contributed by atoms with E-state index < -0.39 is 10.0 Å². The highest BCUT2D eigenvalue weighted by atomic mass is 32.2. The molecule has 3 rings (SSSR count). The molecule has 1 N–H and O–H groups in total. The molecule has 5 heteroatoms. The predicted molar refractivity (Wildman–Crippen MR) is 77.0 cm³/mol. The number of benzene rings is 1.